The zero-order valence-corrected chi connectivity index (χ0v) is 12.4. The van der Waals surface area contributed by atoms with Crippen LogP contribution in [0, 0.1) is 11.6 Å². The number of hydrogen-bond donors (Lipinski definition) is 0. The number of Topliss-reactive ketones (excluding diaryl/α,β-unsaturated/α-hetero) is 1. The quantitative estimate of drug-likeness (QED) is 0.783. The van der Waals surface area contributed by atoms with Gasteiger partial charge in [-0.3, -0.25) is 4.79 Å². The first-order valence-electron chi connectivity index (χ1n) is 6.96. The number of benzene rings is 2. The third-order valence-corrected chi connectivity index (χ3v) is 3.40. The van der Waals surface area contributed by atoms with Crippen molar-refractivity contribution in [2.45, 2.75) is 33.1 Å². The van der Waals surface area contributed by atoms with E-state index in [2.05, 4.69) is 0 Å². The summed E-state index contributed by atoms with van der Waals surface area (Å²) in [7, 11) is 0. The van der Waals surface area contributed by atoms with Gasteiger partial charge in [0.25, 0.3) is 0 Å². The summed E-state index contributed by atoms with van der Waals surface area (Å²) in [6.45, 7) is 5.46. The average Bonchev–Trinajstić information content (AvgIpc) is 2.37. The van der Waals surface area contributed by atoms with Gasteiger partial charge in [0, 0.05) is 6.42 Å². The number of rotatable bonds is 4. The Morgan fingerprint density at radius 3 is 2.24 bits per heavy atom. The molecule has 0 N–H and O–H groups in total. The molecule has 0 unspecified atom stereocenters. The SMILES string of the molecule is CC(=O)Cc1cc(F)c(-c2cccc(C(C)C)c2)c(F)c1. The van der Waals surface area contributed by atoms with Crippen molar-refractivity contribution in [3.8, 4) is 11.1 Å². The Hall–Kier alpha value is -2.03. The average molecular weight is 288 g/mol. The molecule has 0 bridgehead atoms. The van der Waals surface area contributed by atoms with Crippen LogP contribution < -0.4 is 0 Å². The summed E-state index contributed by atoms with van der Waals surface area (Å²) in [5.74, 6) is -1.10. The molecule has 0 saturated carbocycles. The van der Waals surface area contributed by atoms with Crippen LogP contribution in [-0.2, 0) is 11.2 Å². The van der Waals surface area contributed by atoms with Crippen molar-refractivity contribution < 1.29 is 13.6 Å². The van der Waals surface area contributed by atoms with E-state index in [1.165, 1.54) is 19.1 Å². The van der Waals surface area contributed by atoms with Crippen molar-refractivity contribution in [1.29, 1.82) is 0 Å². The molecule has 2 rings (SSSR count). The zero-order chi connectivity index (χ0) is 15.6. The molecule has 1 nitrogen and oxygen atoms in total. The Labute approximate surface area is 123 Å². The van der Waals surface area contributed by atoms with Gasteiger partial charge >= 0.3 is 0 Å². The maximum atomic E-state index is 14.2. The highest BCUT2D eigenvalue weighted by molar-refractivity contribution is 5.78. The van der Waals surface area contributed by atoms with Gasteiger partial charge in [0.2, 0.25) is 0 Å². The van der Waals surface area contributed by atoms with Crippen molar-refractivity contribution in [3.63, 3.8) is 0 Å². The number of carbonyl (C=O) groups excluding carboxylic acids is 1. The molecular formula is C18H18F2O. The lowest BCUT2D eigenvalue weighted by molar-refractivity contribution is -0.116. The van der Waals surface area contributed by atoms with Crippen LogP contribution in [-0.4, -0.2) is 5.78 Å². The molecule has 0 heterocycles. The fraction of sp³-hybridized carbons (Fsp3) is 0.278. The Bertz CT molecular complexity index is 652. The minimum absolute atomic E-state index is 0.0372. The molecule has 2 aromatic rings. The number of carbonyl (C=O) groups is 1. The third kappa shape index (κ3) is 3.54. The lowest BCUT2D eigenvalue weighted by Gasteiger charge is -2.11. The molecule has 0 fully saturated rings. The summed E-state index contributed by atoms with van der Waals surface area (Å²) in [6, 6.07) is 9.71. The summed E-state index contributed by atoms with van der Waals surface area (Å²) >= 11 is 0. The zero-order valence-electron chi connectivity index (χ0n) is 12.4. The van der Waals surface area contributed by atoms with Gasteiger partial charge in [0.1, 0.15) is 17.4 Å². The van der Waals surface area contributed by atoms with Crippen LogP contribution in [0.25, 0.3) is 11.1 Å². The lowest BCUT2D eigenvalue weighted by atomic mass is 9.95. The second-order valence-electron chi connectivity index (χ2n) is 5.59. The topological polar surface area (TPSA) is 17.1 Å². The van der Waals surface area contributed by atoms with Crippen LogP contribution in [0.15, 0.2) is 36.4 Å². The van der Waals surface area contributed by atoms with Crippen LogP contribution in [0.5, 0.6) is 0 Å². The predicted octanol–water partition coefficient (Wildman–Crippen LogP) is 4.89. The first kappa shape index (κ1) is 15.4. The van der Waals surface area contributed by atoms with Gasteiger partial charge in [-0.2, -0.15) is 0 Å². The predicted molar refractivity (Wildman–Crippen MR) is 80.3 cm³/mol. The van der Waals surface area contributed by atoms with Crippen LogP contribution >= 0.6 is 0 Å². The molecule has 2 aromatic carbocycles. The van der Waals surface area contributed by atoms with Gasteiger partial charge in [-0.15, -0.1) is 0 Å². The van der Waals surface area contributed by atoms with Crippen LogP contribution in [0.4, 0.5) is 8.78 Å². The van der Waals surface area contributed by atoms with Gasteiger partial charge in [-0.1, -0.05) is 38.1 Å². The molecule has 0 spiro atoms. The van der Waals surface area contributed by atoms with E-state index in [1.54, 1.807) is 18.2 Å². The first-order valence-corrected chi connectivity index (χ1v) is 6.96. The maximum Gasteiger partial charge on any atom is 0.134 e. The van der Waals surface area contributed by atoms with Crippen molar-refractivity contribution in [3.05, 3.63) is 59.2 Å². The lowest BCUT2D eigenvalue weighted by Crippen LogP contribution is -2.00. The number of hydrogen-bond acceptors (Lipinski definition) is 1. The second-order valence-corrected chi connectivity index (χ2v) is 5.59. The Morgan fingerprint density at radius 2 is 1.71 bits per heavy atom. The monoisotopic (exact) mass is 288 g/mol. The normalized spacial score (nSPS) is 11.0. The van der Waals surface area contributed by atoms with Gasteiger partial charge in [0.05, 0.1) is 5.56 Å². The standard InChI is InChI=1S/C18H18F2O/c1-11(2)14-5-4-6-15(10-14)18-16(19)8-13(7-12(3)21)9-17(18)20/h4-6,8-11H,7H2,1-3H3. The van der Waals surface area contributed by atoms with Crippen molar-refractivity contribution in [1.82, 2.24) is 0 Å². The van der Waals surface area contributed by atoms with E-state index in [-0.39, 0.29) is 23.7 Å². The minimum Gasteiger partial charge on any atom is -0.300 e. The Morgan fingerprint density at radius 1 is 1.10 bits per heavy atom. The van der Waals surface area contributed by atoms with Gasteiger partial charge in [0.15, 0.2) is 0 Å². The summed E-state index contributed by atoms with van der Waals surface area (Å²) in [6.07, 6.45) is 0.0418. The third-order valence-electron chi connectivity index (χ3n) is 3.40. The molecule has 0 aliphatic carbocycles. The minimum atomic E-state index is -0.632. The summed E-state index contributed by atoms with van der Waals surface area (Å²) in [5, 5.41) is 0. The molecule has 0 saturated heterocycles. The largest absolute Gasteiger partial charge is 0.300 e. The molecule has 0 aliphatic heterocycles. The molecule has 0 aromatic heterocycles. The fourth-order valence-electron chi connectivity index (χ4n) is 2.34. The molecule has 3 heteroatoms. The van der Waals surface area contributed by atoms with Crippen LogP contribution in [0.1, 0.15) is 37.8 Å². The van der Waals surface area contributed by atoms with Gasteiger partial charge in [-0.05, 0) is 41.7 Å². The highest BCUT2D eigenvalue weighted by Crippen LogP contribution is 2.29. The second kappa shape index (κ2) is 6.17. The molecule has 0 amide bonds. The van der Waals surface area contributed by atoms with E-state index < -0.39 is 11.6 Å². The molecule has 0 aliphatic rings. The van der Waals surface area contributed by atoms with Crippen molar-refractivity contribution >= 4 is 5.78 Å². The molecular weight excluding hydrogens is 270 g/mol. The maximum absolute atomic E-state index is 14.2. The smallest absolute Gasteiger partial charge is 0.134 e. The Kier molecular flexibility index (Phi) is 4.51. The summed E-state index contributed by atoms with van der Waals surface area (Å²) < 4.78 is 28.5. The van der Waals surface area contributed by atoms with Crippen LogP contribution in [0.3, 0.4) is 0 Å². The molecule has 110 valence electrons. The highest BCUT2D eigenvalue weighted by atomic mass is 19.1. The van der Waals surface area contributed by atoms with E-state index in [9.17, 15) is 13.6 Å². The summed E-state index contributed by atoms with van der Waals surface area (Å²) in [4.78, 5) is 11.1. The molecule has 21 heavy (non-hydrogen) atoms. The van der Waals surface area contributed by atoms with E-state index in [0.29, 0.717) is 11.1 Å². The molecule has 0 atom stereocenters. The summed E-state index contributed by atoms with van der Waals surface area (Å²) in [5.41, 5.74) is 1.87. The fourth-order valence-corrected chi connectivity index (χ4v) is 2.34. The van der Waals surface area contributed by atoms with E-state index in [0.717, 1.165) is 5.56 Å². The van der Waals surface area contributed by atoms with E-state index >= 15 is 0 Å². The van der Waals surface area contributed by atoms with Crippen molar-refractivity contribution in [2.75, 3.05) is 0 Å². The Balaban J connectivity index is 2.49. The van der Waals surface area contributed by atoms with Gasteiger partial charge in [-0.25, -0.2) is 8.78 Å². The number of ketones is 1. The van der Waals surface area contributed by atoms with Crippen molar-refractivity contribution in [2.24, 2.45) is 0 Å². The van der Waals surface area contributed by atoms with E-state index in [4.69, 9.17) is 0 Å². The van der Waals surface area contributed by atoms with Gasteiger partial charge < -0.3 is 0 Å². The van der Waals surface area contributed by atoms with E-state index in [1.807, 2.05) is 19.9 Å². The number of halogens is 2. The van der Waals surface area contributed by atoms with Crippen LogP contribution in [0.2, 0.25) is 0 Å². The molecule has 0 radical (unpaired) electrons. The highest BCUT2D eigenvalue weighted by Gasteiger charge is 2.15. The first-order chi connectivity index (χ1) is 9.88.